The Morgan fingerprint density at radius 1 is 1.83 bits per heavy atom. The maximum absolute atomic E-state index is 11.2. The van der Waals surface area contributed by atoms with Crippen LogP contribution in [0.4, 0.5) is 0 Å². The molecule has 68 valence electrons. The Kier molecular flexibility index (Phi) is 2.32. The normalized spacial score (nSPS) is 26.0. The van der Waals surface area contributed by atoms with Crippen LogP contribution in [-0.2, 0) is 9.59 Å². The van der Waals surface area contributed by atoms with Crippen molar-refractivity contribution in [1.29, 1.82) is 0 Å². The first-order chi connectivity index (χ1) is 5.54. The number of rotatable bonds is 2. The zero-order valence-electron chi connectivity index (χ0n) is 6.86. The van der Waals surface area contributed by atoms with Crippen molar-refractivity contribution in [2.75, 3.05) is 6.54 Å². The first-order valence-electron chi connectivity index (χ1n) is 3.83. The zero-order chi connectivity index (χ0) is 9.30. The molecule has 12 heavy (non-hydrogen) atoms. The molecule has 0 aliphatic carbocycles. The summed E-state index contributed by atoms with van der Waals surface area (Å²) < 4.78 is 0. The molecule has 2 atom stereocenters. The SMILES string of the molecule is CC(C(=O)O)N1CCC(N)C1=O. The van der Waals surface area contributed by atoms with Crippen molar-refractivity contribution in [2.24, 2.45) is 5.73 Å². The number of amides is 1. The minimum atomic E-state index is -0.988. The number of carbonyl (C=O) groups is 2. The molecule has 0 saturated carbocycles. The smallest absolute Gasteiger partial charge is 0.326 e. The summed E-state index contributed by atoms with van der Waals surface area (Å²) in [6, 6.07) is -1.27. The van der Waals surface area contributed by atoms with Gasteiger partial charge in [-0.05, 0) is 13.3 Å². The number of nitrogens with two attached hydrogens (primary N) is 1. The van der Waals surface area contributed by atoms with Crippen LogP contribution in [0.1, 0.15) is 13.3 Å². The van der Waals surface area contributed by atoms with Crippen molar-refractivity contribution in [3.63, 3.8) is 0 Å². The molecule has 1 aliphatic heterocycles. The third-order valence-electron chi connectivity index (χ3n) is 2.11. The highest BCUT2D eigenvalue weighted by molar-refractivity contribution is 5.88. The van der Waals surface area contributed by atoms with Gasteiger partial charge in [0.1, 0.15) is 6.04 Å². The predicted octanol–water partition coefficient (Wildman–Crippen LogP) is -0.981. The highest BCUT2D eigenvalue weighted by Crippen LogP contribution is 2.12. The van der Waals surface area contributed by atoms with E-state index in [1.54, 1.807) is 0 Å². The average Bonchev–Trinajstić information content (AvgIpc) is 2.32. The van der Waals surface area contributed by atoms with Crippen molar-refractivity contribution in [1.82, 2.24) is 4.90 Å². The molecule has 1 aliphatic rings. The topological polar surface area (TPSA) is 83.6 Å². The van der Waals surface area contributed by atoms with Crippen molar-refractivity contribution < 1.29 is 14.7 Å². The van der Waals surface area contributed by atoms with Gasteiger partial charge >= 0.3 is 5.97 Å². The molecule has 0 aromatic carbocycles. The van der Waals surface area contributed by atoms with Crippen LogP contribution in [-0.4, -0.2) is 40.5 Å². The van der Waals surface area contributed by atoms with Crippen molar-refractivity contribution in [3.05, 3.63) is 0 Å². The number of hydrogen-bond acceptors (Lipinski definition) is 3. The molecule has 0 spiro atoms. The Morgan fingerprint density at radius 3 is 2.75 bits per heavy atom. The standard InChI is InChI=1S/C7H12N2O3/c1-4(7(11)12)9-3-2-5(8)6(9)10/h4-5H,2-3,8H2,1H3,(H,11,12). The molecule has 0 aromatic heterocycles. The van der Waals surface area contributed by atoms with E-state index in [-0.39, 0.29) is 5.91 Å². The van der Waals surface area contributed by atoms with Crippen LogP contribution in [0.3, 0.4) is 0 Å². The van der Waals surface area contributed by atoms with Gasteiger partial charge in [0.05, 0.1) is 6.04 Å². The van der Waals surface area contributed by atoms with Gasteiger partial charge in [0.25, 0.3) is 0 Å². The second-order valence-corrected chi connectivity index (χ2v) is 2.94. The molecule has 1 fully saturated rings. The van der Waals surface area contributed by atoms with E-state index in [0.717, 1.165) is 0 Å². The molecular weight excluding hydrogens is 160 g/mol. The Morgan fingerprint density at radius 2 is 2.42 bits per heavy atom. The number of carboxylic acids is 1. The molecule has 5 heteroatoms. The van der Waals surface area contributed by atoms with Gasteiger partial charge in [-0.3, -0.25) is 4.79 Å². The summed E-state index contributed by atoms with van der Waals surface area (Å²) in [7, 11) is 0. The summed E-state index contributed by atoms with van der Waals surface area (Å²) in [6.07, 6.45) is 0.552. The van der Waals surface area contributed by atoms with Gasteiger partial charge in [-0.15, -0.1) is 0 Å². The molecule has 1 saturated heterocycles. The summed E-state index contributed by atoms with van der Waals surface area (Å²) in [5.74, 6) is -1.25. The molecule has 0 aromatic rings. The maximum Gasteiger partial charge on any atom is 0.326 e. The lowest BCUT2D eigenvalue weighted by atomic mass is 10.3. The number of aliphatic carboxylic acids is 1. The van der Waals surface area contributed by atoms with E-state index in [9.17, 15) is 9.59 Å². The average molecular weight is 172 g/mol. The van der Waals surface area contributed by atoms with E-state index in [1.807, 2.05) is 0 Å². The van der Waals surface area contributed by atoms with Gasteiger partial charge in [-0.25, -0.2) is 4.79 Å². The summed E-state index contributed by atoms with van der Waals surface area (Å²) >= 11 is 0. The van der Waals surface area contributed by atoms with E-state index >= 15 is 0 Å². The van der Waals surface area contributed by atoms with Crippen molar-refractivity contribution >= 4 is 11.9 Å². The molecule has 5 nitrogen and oxygen atoms in total. The molecule has 3 N–H and O–H groups in total. The molecule has 0 bridgehead atoms. The van der Waals surface area contributed by atoms with Crippen LogP contribution >= 0.6 is 0 Å². The Hall–Kier alpha value is -1.10. The van der Waals surface area contributed by atoms with Crippen LogP contribution < -0.4 is 5.73 Å². The van der Waals surface area contributed by atoms with Gasteiger partial charge in [-0.1, -0.05) is 0 Å². The van der Waals surface area contributed by atoms with E-state index in [4.69, 9.17) is 10.8 Å². The number of carboxylic acid groups (broad SMARTS) is 1. The summed E-state index contributed by atoms with van der Waals surface area (Å²) in [5, 5.41) is 8.61. The van der Waals surface area contributed by atoms with Gasteiger partial charge in [0.15, 0.2) is 0 Å². The zero-order valence-corrected chi connectivity index (χ0v) is 6.86. The third kappa shape index (κ3) is 1.40. The van der Waals surface area contributed by atoms with Crippen molar-refractivity contribution in [2.45, 2.75) is 25.4 Å². The number of nitrogens with zero attached hydrogens (tertiary/aromatic N) is 1. The lowest BCUT2D eigenvalue weighted by molar-refractivity contribution is -0.147. The largest absolute Gasteiger partial charge is 0.480 e. The quantitative estimate of drug-likeness (QED) is 0.560. The lowest BCUT2D eigenvalue weighted by Gasteiger charge is -2.20. The fourth-order valence-corrected chi connectivity index (χ4v) is 1.24. The molecule has 2 unspecified atom stereocenters. The Bertz CT molecular complexity index is 217. The van der Waals surface area contributed by atoms with Crippen LogP contribution in [0.15, 0.2) is 0 Å². The lowest BCUT2D eigenvalue weighted by Crippen LogP contribution is -2.43. The highest BCUT2D eigenvalue weighted by Gasteiger charge is 2.34. The minimum Gasteiger partial charge on any atom is -0.480 e. The maximum atomic E-state index is 11.2. The fraction of sp³-hybridized carbons (Fsp3) is 0.714. The summed E-state index contributed by atoms with van der Waals surface area (Å²) in [4.78, 5) is 23.0. The second kappa shape index (κ2) is 3.10. The second-order valence-electron chi connectivity index (χ2n) is 2.94. The van der Waals surface area contributed by atoms with Gasteiger partial charge in [-0.2, -0.15) is 0 Å². The number of hydrogen-bond donors (Lipinski definition) is 2. The fourth-order valence-electron chi connectivity index (χ4n) is 1.24. The van der Waals surface area contributed by atoms with Gasteiger partial charge in [0, 0.05) is 6.54 Å². The van der Waals surface area contributed by atoms with Crippen LogP contribution in [0.2, 0.25) is 0 Å². The van der Waals surface area contributed by atoms with E-state index in [0.29, 0.717) is 13.0 Å². The first kappa shape index (κ1) is 8.99. The number of carbonyl (C=O) groups excluding carboxylic acids is 1. The summed E-state index contributed by atoms with van der Waals surface area (Å²) in [5.41, 5.74) is 5.42. The molecule has 1 rings (SSSR count). The molecule has 0 radical (unpaired) electrons. The molecular formula is C7H12N2O3. The molecule has 1 amide bonds. The number of likely N-dealkylation sites (tertiary alicyclic amines) is 1. The minimum absolute atomic E-state index is 0.259. The van der Waals surface area contributed by atoms with Gasteiger partial charge in [0.2, 0.25) is 5.91 Å². The van der Waals surface area contributed by atoms with Gasteiger partial charge < -0.3 is 15.7 Å². The van der Waals surface area contributed by atoms with E-state index < -0.39 is 18.1 Å². The van der Waals surface area contributed by atoms with Crippen LogP contribution in [0.25, 0.3) is 0 Å². The highest BCUT2D eigenvalue weighted by atomic mass is 16.4. The van der Waals surface area contributed by atoms with Crippen molar-refractivity contribution in [3.8, 4) is 0 Å². The Balaban J connectivity index is 2.65. The van der Waals surface area contributed by atoms with E-state index in [1.165, 1.54) is 11.8 Å². The van der Waals surface area contributed by atoms with Crippen LogP contribution in [0.5, 0.6) is 0 Å². The van der Waals surface area contributed by atoms with E-state index in [2.05, 4.69) is 0 Å². The molecule has 1 heterocycles. The Labute approximate surface area is 70.1 Å². The monoisotopic (exact) mass is 172 g/mol. The first-order valence-corrected chi connectivity index (χ1v) is 3.83. The predicted molar refractivity (Wildman–Crippen MR) is 41.4 cm³/mol. The summed E-state index contributed by atoms with van der Waals surface area (Å²) in [6.45, 7) is 1.94. The third-order valence-corrected chi connectivity index (χ3v) is 2.11. The van der Waals surface area contributed by atoms with Crippen LogP contribution in [0, 0.1) is 0 Å².